The van der Waals surface area contributed by atoms with Gasteiger partial charge in [0.15, 0.2) is 0 Å². The molecule has 1 fully saturated rings. The third kappa shape index (κ3) is 3.28. The SMILES string of the molecule is COCCN1CCN(c2ccnc(N)n2)CC1. The van der Waals surface area contributed by atoms with Gasteiger partial charge in [-0.2, -0.15) is 4.98 Å². The van der Waals surface area contributed by atoms with Crippen molar-refractivity contribution in [1.82, 2.24) is 14.9 Å². The fourth-order valence-corrected chi connectivity index (χ4v) is 1.96. The molecule has 6 nitrogen and oxygen atoms in total. The van der Waals surface area contributed by atoms with E-state index in [1.165, 1.54) is 0 Å². The van der Waals surface area contributed by atoms with Crippen LogP contribution >= 0.6 is 0 Å². The van der Waals surface area contributed by atoms with Crippen molar-refractivity contribution in [2.45, 2.75) is 0 Å². The fourth-order valence-electron chi connectivity index (χ4n) is 1.96. The molecule has 0 aliphatic carbocycles. The van der Waals surface area contributed by atoms with Gasteiger partial charge in [-0.1, -0.05) is 0 Å². The Labute approximate surface area is 101 Å². The van der Waals surface area contributed by atoms with E-state index in [1.54, 1.807) is 13.3 Å². The van der Waals surface area contributed by atoms with E-state index in [9.17, 15) is 0 Å². The maximum atomic E-state index is 5.58. The number of rotatable bonds is 4. The molecular formula is C11H19N5O. The summed E-state index contributed by atoms with van der Waals surface area (Å²) in [4.78, 5) is 12.8. The van der Waals surface area contributed by atoms with Crippen LogP contribution in [0.2, 0.25) is 0 Å². The Bertz CT molecular complexity index is 351. The number of hydrogen-bond acceptors (Lipinski definition) is 6. The molecule has 0 amide bonds. The molecule has 6 heteroatoms. The number of hydrogen-bond donors (Lipinski definition) is 1. The monoisotopic (exact) mass is 237 g/mol. The summed E-state index contributed by atoms with van der Waals surface area (Å²) >= 11 is 0. The molecule has 17 heavy (non-hydrogen) atoms. The van der Waals surface area contributed by atoms with Gasteiger partial charge in [0.1, 0.15) is 5.82 Å². The zero-order valence-electron chi connectivity index (χ0n) is 10.2. The van der Waals surface area contributed by atoms with E-state index in [1.807, 2.05) is 6.07 Å². The van der Waals surface area contributed by atoms with E-state index >= 15 is 0 Å². The zero-order chi connectivity index (χ0) is 12.1. The van der Waals surface area contributed by atoms with Gasteiger partial charge in [-0.15, -0.1) is 0 Å². The lowest BCUT2D eigenvalue weighted by Gasteiger charge is -2.35. The molecule has 0 saturated carbocycles. The van der Waals surface area contributed by atoms with E-state index < -0.39 is 0 Å². The number of nitrogens with two attached hydrogens (primary N) is 1. The summed E-state index contributed by atoms with van der Waals surface area (Å²) in [5.41, 5.74) is 5.58. The number of nitrogens with zero attached hydrogens (tertiary/aromatic N) is 4. The van der Waals surface area contributed by atoms with Crippen LogP contribution in [0.1, 0.15) is 0 Å². The first-order valence-corrected chi connectivity index (χ1v) is 5.84. The van der Waals surface area contributed by atoms with Gasteiger partial charge in [0, 0.05) is 46.0 Å². The molecule has 2 heterocycles. The first kappa shape index (κ1) is 12.1. The quantitative estimate of drug-likeness (QED) is 0.784. The van der Waals surface area contributed by atoms with Crippen LogP contribution in [-0.4, -0.2) is 61.3 Å². The Kier molecular flexibility index (Phi) is 4.11. The lowest BCUT2D eigenvalue weighted by Crippen LogP contribution is -2.47. The largest absolute Gasteiger partial charge is 0.383 e. The third-order valence-corrected chi connectivity index (χ3v) is 2.97. The Balaban J connectivity index is 1.86. The number of aromatic nitrogens is 2. The first-order valence-electron chi connectivity index (χ1n) is 5.84. The molecule has 1 aromatic heterocycles. The van der Waals surface area contributed by atoms with Crippen molar-refractivity contribution in [1.29, 1.82) is 0 Å². The Morgan fingerprint density at radius 3 is 2.76 bits per heavy atom. The number of nitrogen functional groups attached to an aromatic ring is 1. The van der Waals surface area contributed by atoms with Gasteiger partial charge in [0.05, 0.1) is 6.61 Å². The Morgan fingerprint density at radius 2 is 2.12 bits per heavy atom. The van der Waals surface area contributed by atoms with E-state index in [-0.39, 0.29) is 0 Å². The minimum atomic E-state index is 0.337. The Hall–Kier alpha value is -1.40. The van der Waals surface area contributed by atoms with Gasteiger partial charge in [0.2, 0.25) is 5.95 Å². The average molecular weight is 237 g/mol. The molecule has 94 valence electrons. The highest BCUT2D eigenvalue weighted by atomic mass is 16.5. The van der Waals surface area contributed by atoms with Crippen molar-refractivity contribution in [3.8, 4) is 0 Å². The second-order valence-corrected chi connectivity index (χ2v) is 4.09. The van der Waals surface area contributed by atoms with E-state index in [0.29, 0.717) is 5.95 Å². The van der Waals surface area contributed by atoms with Gasteiger partial charge in [-0.3, -0.25) is 4.90 Å². The van der Waals surface area contributed by atoms with Crippen LogP contribution < -0.4 is 10.6 Å². The van der Waals surface area contributed by atoms with Gasteiger partial charge in [-0.05, 0) is 6.07 Å². The fraction of sp³-hybridized carbons (Fsp3) is 0.636. The second-order valence-electron chi connectivity index (χ2n) is 4.09. The predicted octanol–water partition coefficient (Wildman–Crippen LogP) is -0.173. The normalized spacial score (nSPS) is 17.4. The highest BCUT2D eigenvalue weighted by Crippen LogP contribution is 2.13. The van der Waals surface area contributed by atoms with Gasteiger partial charge >= 0.3 is 0 Å². The molecule has 2 rings (SSSR count). The third-order valence-electron chi connectivity index (χ3n) is 2.97. The maximum Gasteiger partial charge on any atom is 0.221 e. The summed E-state index contributed by atoms with van der Waals surface area (Å²) in [6, 6.07) is 1.90. The number of ether oxygens (including phenoxy) is 1. The summed E-state index contributed by atoms with van der Waals surface area (Å²) < 4.78 is 5.08. The van der Waals surface area contributed by atoms with Crippen LogP contribution in [0.3, 0.4) is 0 Å². The smallest absolute Gasteiger partial charge is 0.221 e. The summed E-state index contributed by atoms with van der Waals surface area (Å²) in [7, 11) is 1.74. The number of anilines is 2. The van der Waals surface area contributed by atoms with Crippen LogP contribution in [0, 0.1) is 0 Å². The van der Waals surface area contributed by atoms with E-state index in [2.05, 4.69) is 19.8 Å². The predicted molar refractivity (Wildman–Crippen MR) is 67.0 cm³/mol. The maximum absolute atomic E-state index is 5.58. The highest BCUT2D eigenvalue weighted by molar-refractivity contribution is 5.41. The molecule has 0 atom stereocenters. The molecule has 1 aromatic rings. The number of methoxy groups -OCH3 is 1. The average Bonchev–Trinajstić information content (AvgIpc) is 2.37. The number of piperazine rings is 1. The molecule has 1 aliphatic rings. The van der Waals surface area contributed by atoms with Gasteiger partial charge < -0.3 is 15.4 Å². The molecule has 1 saturated heterocycles. The van der Waals surface area contributed by atoms with Crippen molar-refractivity contribution in [3.63, 3.8) is 0 Å². The summed E-state index contributed by atoms with van der Waals surface area (Å²) in [6.07, 6.45) is 1.70. The summed E-state index contributed by atoms with van der Waals surface area (Å²) in [6.45, 7) is 5.80. The molecule has 0 radical (unpaired) electrons. The van der Waals surface area contributed by atoms with Gasteiger partial charge in [0.25, 0.3) is 0 Å². The highest BCUT2D eigenvalue weighted by Gasteiger charge is 2.17. The molecule has 0 aromatic carbocycles. The molecule has 0 spiro atoms. The topological polar surface area (TPSA) is 67.5 Å². The standard InChI is InChI=1S/C11H19N5O/c1-17-9-8-15-4-6-16(7-5-15)10-2-3-13-11(12)14-10/h2-3H,4-9H2,1H3,(H2,12,13,14). The summed E-state index contributed by atoms with van der Waals surface area (Å²) in [5.74, 6) is 1.26. The van der Waals surface area contributed by atoms with E-state index in [0.717, 1.165) is 45.1 Å². The molecule has 0 unspecified atom stereocenters. The first-order chi connectivity index (χ1) is 8.29. The molecule has 0 bridgehead atoms. The Morgan fingerprint density at radius 1 is 1.35 bits per heavy atom. The lowest BCUT2D eigenvalue weighted by atomic mass is 10.3. The van der Waals surface area contributed by atoms with Crippen molar-refractivity contribution in [2.75, 3.05) is 57.1 Å². The molecular weight excluding hydrogens is 218 g/mol. The van der Waals surface area contributed by atoms with Crippen LogP contribution in [0.15, 0.2) is 12.3 Å². The second kappa shape index (κ2) is 5.79. The van der Waals surface area contributed by atoms with Gasteiger partial charge in [-0.25, -0.2) is 4.98 Å². The lowest BCUT2D eigenvalue weighted by molar-refractivity contribution is 0.144. The molecule has 1 aliphatic heterocycles. The van der Waals surface area contributed by atoms with Crippen molar-refractivity contribution < 1.29 is 4.74 Å². The van der Waals surface area contributed by atoms with Crippen molar-refractivity contribution >= 4 is 11.8 Å². The van der Waals surface area contributed by atoms with Crippen LogP contribution in [-0.2, 0) is 4.74 Å². The van der Waals surface area contributed by atoms with Crippen molar-refractivity contribution in [2.24, 2.45) is 0 Å². The zero-order valence-corrected chi connectivity index (χ0v) is 10.2. The van der Waals surface area contributed by atoms with Crippen LogP contribution in [0.25, 0.3) is 0 Å². The van der Waals surface area contributed by atoms with E-state index in [4.69, 9.17) is 10.5 Å². The van der Waals surface area contributed by atoms with Crippen LogP contribution in [0.5, 0.6) is 0 Å². The minimum absolute atomic E-state index is 0.337. The summed E-state index contributed by atoms with van der Waals surface area (Å²) in [5, 5.41) is 0. The minimum Gasteiger partial charge on any atom is -0.383 e. The van der Waals surface area contributed by atoms with Crippen molar-refractivity contribution in [3.05, 3.63) is 12.3 Å². The molecule has 2 N–H and O–H groups in total. The van der Waals surface area contributed by atoms with Crippen LogP contribution in [0.4, 0.5) is 11.8 Å².